The molecule has 0 unspecified atom stereocenters. The van der Waals surface area contributed by atoms with E-state index in [9.17, 15) is 18.4 Å². The third-order valence-corrected chi connectivity index (χ3v) is 4.72. The summed E-state index contributed by atoms with van der Waals surface area (Å²) in [5.74, 6) is -3.06. The van der Waals surface area contributed by atoms with E-state index in [1.54, 1.807) is 42.9 Å². The summed E-state index contributed by atoms with van der Waals surface area (Å²) in [5.41, 5.74) is 0.624. The molecule has 3 aromatic rings. The number of carbonyl (C=O) groups is 1. The van der Waals surface area contributed by atoms with Gasteiger partial charge < -0.3 is 4.90 Å². The van der Waals surface area contributed by atoms with Crippen LogP contribution in [0.1, 0.15) is 16.1 Å². The lowest BCUT2D eigenvalue weighted by Gasteiger charge is -2.16. The van der Waals surface area contributed by atoms with Crippen molar-refractivity contribution in [3.63, 3.8) is 0 Å². The summed E-state index contributed by atoms with van der Waals surface area (Å²) in [4.78, 5) is 26.9. The Labute approximate surface area is 159 Å². The highest BCUT2D eigenvalue weighted by Crippen LogP contribution is 2.24. The molecule has 0 bridgehead atoms. The van der Waals surface area contributed by atoms with Crippen LogP contribution in [0, 0.1) is 18.6 Å². The predicted molar refractivity (Wildman–Crippen MR) is 99.8 cm³/mol. The highest BCUT2D eigenvalue weighted by molar-refractivity contribution is 6.34. The number of rotatable bonds is 3. The monoisotopic (exact) mass is 391 g/mol. The first-order valence-electron chi connectivity index (χ1n) is 8.00. The van der Waals surface area contributed by atoms with Gasteiger partial charge in [0.05, 0.1) is 22.0 Å². The molecule has 27 heavy (non-hydrogen) atoms. The highest BCUT2D eigenvalue weighted by Gasteiger charge is 2.26. The number of nitrogens with zero attached hydrogens (tertiary/aromatic N) is 3. The van der Waals surface area contributed by atoms with Crippen LogP contribution >= 0.6 is 11.6 Å². The topological polar surface area (TPSA) is 47.2 Å². The van der Waals surface area contributed by atoms with E-state index in [0.717, 1.165) is 17.0 Å². The number of hydrogen-bond acceptors (Lipinski definition) is 2. The number of anilines is 1. The Morgan fingerprint density at radius 1 is 1.11 bits per heavy atom. The van der Waals surface area contributed by atoms with Gasteiger partial charge in [0.2, 0.25) is 0 Å². The van der Waals surface area contributed by atoms with Gasteiger partial charge in [0.25, 0.3) is 11.5 Å². The standard InChI is InChI=1S/C19H16ClF2N3O2/c1-11-17(19(27)25(24(11)3)12-7-5-4-6-8-12)23(2)18(26)13-9-15(21)16(22)10-14(13)20/h4-10H,1-3H3. The molecule has 0 aliphatic heterocycles. The molecule has 140 valence electrons. The fraction of sp³-hybridized carbons (Fsp3) is 0.158. The third kappa shape index (κ3) is 3.14. The van der Waals surface area contributed by atoms with Gasteiger partial charge in [-0.15, -0.1) is 0 Å². The van der Waals surface area contributed by atoms with Crippen molar-refractivity contribution in [1.82, 2.24) is 9.36 Å². The maximum absolute atomic E-state index is 13.6. The van der Waals surface area contributed by atoms with Crippen molar-refractivity contribution in [2.45, 2.75) is 6.92 Å². The lowest BCUT2D eigenvalue weighted by Crippen LogP contribution is -2.32. The molecule has 0 aliphatic rings. The zero-order valence-corrected chi connectivity index (χ0v) is 15.6. The molecule has 2 aromatic carbocycles. The van der Waals surface area contributed by atoms with E-state index >= 15 is 0 Å². The molecule has 0 aliphatic carbocycles. The average molecular weight is 392 g/mol. The normalized spacial score (nSPS) is 10.9. The number of aromatic nitrogens is 2. The lowest BCUT2D eigenvalue weighted by molar-refractivity contribution is 0.0992. The Morgan fingerprint density at radius 2 is 1.70 bits per heavy atom. The quantitative estimate of drug-likeness (QED) is 0.639. The fourth-order valence-electron chi connectivity index (χ4n) is 2.91. The number of amides is 1. The van der Waals surface area contributed by atoms with Crippen molar-refractivity contribution < 1.29 is 13.6 Å². The molecule has 3 rings (SSSR count). The Morgan fingerprint density at radius 3 is 2.33 bits per heavy atom. The van der Waals surface area contributed by atoms with Crippen LogP contribution < -0.4 is 10.5 Å². The minimum Gasteiger partial charge on any atom is -0.305 e. The van der Waals surface area contributed by atoms with Crippen LogP contribution in [0.3, 0.4) is 0 Å². The zero-order valence-electron chi connectivity index (χ0n) is 14.8. The lowest BCUT2D eigenvalue weighted by atomic mass is 10.1. The molecule has 1 amide bonds. The van der Waals surface area contributed by atoms with Gasteiger partial charge in [-0.1, -0.05) is 29.8 Å². The van der Waals surface area contributed by atoms with Gasteiger partial charge >= 0.3 is 0 Å². The number of halogens is 3. The summed E-state index contributed by atoms with van der Waals surface area (Å²) >= 11 is 5.90. The van der Waals surface area contributed by atoms with Gasteiger partial charge in [-0.25, -0.2) is 13.5 Å². The minimum absolute atomic E-state index is 0.118. The summed E-state index contributed by atoms with van der Waals surface area (Å²) in [5, 5.41) is -0.234. The van der Waals surface area contributed by atoms with Gasteiger partial charge in [0.1, 0.15) is 5.69 Å². The largest absolute Gasteiger partial charge is 0.305 e. The first kappa shape index (κ1) is 18.8. The summed E-state index contributed by atoms with van der Waals surface area (Å²) in [6.07, 6.45) is 0. The van der Waals surface area contributed by atoms with Gasteiger partial charge in [-0.2, -0.15) is 0 Å². The van der Waals surface area contributed by atoms with E-state index in [4.69, 9.17) is 11.6 Å². The van der Waals surface area contributed by atoms with E-state index in [2.05, 4.69) is 0 Å². The van der Waals surface area contributed by atoms with Crippen LogP contribution in [0.5, 0.6) is 0 Å². The predicted octanol–water partition coefficient (Wildman–Crippen LogP) is 3.69. The molecule has 0 atom stereocenters. The Bertz CT molecular complexity index is 1090. The van der Waals surface area contributed by atoms with Gasteiger partial charge in [-0.3, -0.25) is 14.3 Å². The van der Waals surface area contributed by atoms with Crippen molar-refractivity contribution >= 4 is 23.2 Å². The first-order chi connectivity index (χ1) is 12.7. The average Bonchev–Trinajstić information content (AvgIpc) is 2.86. The van der Waals surface area contributed by atoms with E-state index in [0.29, 0.717) is 11.4 Å². The van der Waals surface area contributed by atoms with Crippen LogP contribution in [-0.4, -0.2) is 22.3 Å². The Balaban J connectivity index is 2.11. The number of benzene rings is 2. The first-order valence-corrected chi connectivity index (χ1v) is 8.38. The molecule has 0 saturated heterocycles. The van der Waals surface area contributed by atoms with Crippen LogP contribution in [0.4, 0.5) is 14.5 Å². The highest BCUT2D eigenvalue weighted by atomic mass is 35.5. The van der Waals surface area contributed by atoms with Crippen molar-refractivity contribution in [2.24, 2.45) is 7.05 Å². The maximum atomic E-state index is 13.6. The molecule has 0 fully saturated rings. The van der Waals surface area contributed by atoms with Gasteiger partial charge in [0.15, 0.2) is 11.6 Å². The van der Waals surface area contributed by atoms with Crippen molar-refractivity contribution in [3.8, 4) is 5.69 Å². The summed E-state index contributed by atoms with van der Waals surface area (Å²) in [7, 11) is 3.08. The summed E-state index contributed by atoms with van der Waals surface area (Å²) in [6.45, 7) is 1.69. The van der Waals surface area contributed by atoms with Crippen LogP contribution in [0.15, 0.2) is 47.3 Å². The van der Waals surface area contributed by atoms with Crippen molar-refractivity contribution in [3.05, 3.63) is 80.7 Å². The Hall–Kier alpha value is -2.93. The summed E-state index contributed by atoms with van der Waals surface area (Å²) in [6, 6.07) is 10.4. The maximum Gasteiger partial charge on any atom is 0.295 e. The molecule has 0 saturated carbocycles. The molecule has 0 N–H and O–H groups in total. The second kappa shape index (κ2) is 7.00. The molecule has 8 heteroatoms. The number of para-hydroxylation sites is 1. The van der Waals surface area contributed by atoms with E-state index in [-0.39, 0.29) is 16.3 Å². The SMILES string of the molecule is Cc1c(N(C)C(=O)c2cc(F)c(F)cc2Cl)c(=O)n(-c2ccccc2)n1C. The van der Waals surface area contributed by atoms with Gasteiger partial charge in [0, 0.05) is 14.1 Å². The number of hydrogen-bond donors (Lipinski definition) is 0. The molecule has 0 radical (unpaired) electrons. The van der Waals surface area contributed by atoms with E-state index < -0.39 is 23.1 Å². The van der Waals surface area contributed by atoms with Gasteiger partial charge in [-0.05, 0) is 31.2 Å². The van der Waals surface area contributed by atoms with Crippen molar-refractivity contribution in [1.29, 1.82) is 0 Å². The van der Waals surface area contributed by atoms with Crippen LogP contribution in [0.25, 0.3) is 5.69 Å². The third-order valence-electron chi connectivity index (χ3n) is 4.40. The molecular weight excluding hydrogens is 376 g/mol. The molecule has 1 aromatic heterocycles. The number of carbonyl (C=O) groups excluding carboxylic acids is 1. The zero-order chi connectivity index (χ0) is 19.9. The second-order valence-corrected chi connectivity index (χ2v) is 6.43. The van der Waals surface area contributed by atoms with Crippen LogP contribution in [-0.2, 0) is 7.05 Å². The molecule has 5 nitrogen and oxygen atoms in total. The molecule has 0 spiro atoms. The fourth-order valence-corrected chi connectivity index (χ4v) is 3.14. The smallest absolute Gasteiger partial charge is 0.295 e. The van der Waals surface area contributed by atoms with Crippen molar-refractivity contribution in [2.75, 3.05) is 11.9 Å². The van der Waals surface area contributed by atoms with E-state index in [1.165, 1.54) is 11.7 Å². The van der Waals surface area contributed by atoms with E-state index in [1.807, 2.05) is 6.07 Å². The molecular formula is C19H16ClF2N3O2. The summed E-state index contributed by atoms with van der Waals surface area (Å²) < 4.78 is 29.9. The minimum atomic E-state index is -1.19. The Kier molecular flexibility index (Phi) is 4.89. The van der Waals surface area contributed by atoms with Crippen LogP contribution in [0.2, 0.25) is 5.02 Å². The second-order valence-electron chi connectivity index (χ2n) is 6.02. The molecule has 1 heterocycles.